The Labute approximate surface area is 237 Å². The second-order valence-electron chi connectivity index (χ2n) is 8.81. The SMILES string of the molecule is CCCCNC(=O)C(Cc1ccccc1)N(Cc1ccc(Cl)cc1Cl)C(=O)COc1ccc(Br)c(C)c1. The molecule has 0 fully saturated rings. The molecule has 0 heterocycles. The quantitative estimate of drug-likeness (QED) is 0.226. The highest BCUT2D eigenvalue weighted by Crippen LogP contribution is 2.25. The van der Waals surface area contributed by atoms with Crippen molar-refractivity contribution in [3.8, 4) is 5.75 Å². The molecule has 0 spiro atoms. The van der Waals surface area contributed by atoms with Crippen LogP contribution in [0.1, 0.15) is 36.5 Å². The van der Waals surface area contributed by atoms with Gasteiger partial charge in [-0.1, -0.05) is 88.9 Å². The van der Waals surface area contributed by atoms with E-state index in [1.54, 1.807) is 29.2 Å². The first kappa shape index (κ1) is 29.0. The molecule has 0 aromatic heterocycles. The van der Waals surface area contributed by atoms with Gasteiger partial charge in [-0.2, -0.15) is 0 Å². The van der Waals surface area contributed by atoms with Gasteiger partial charge in [0.25, 0.3) is 5.91 Å². The van der Waals surface area contributed by atoms with Crippen LogP contribution in [0, 0.1) is 6.92 Å². The molecule has 196 valence electrons. The van der Waals surface area contributed by atoms with Gasteiger partial charge in [-0.05, 0) is 60.4 Å². The van der Waals surface area contributed by atoms with Crippen LogP contribution in [0.15, 0.2) is 71.2 Å². The van der Waals surface area contributed by atoms with E-state index in [1.165, 1.54) is 0 Å². The van der Waals surface area contributed by atoms with Crippen molar-refractivity contribution in [1.82, 2.24) is 10.2 Å². The first-order valence-corrected chi connectivity index (χ1v) is 13.8. The Bertz CT molecular complexity index is 1210. The molecule has 0 aliphatic rings. The van der Waals surface area contributed by atoms with Gasteiger partial charge in [0.1, 0.15) is 11.8 Å². The highest BCUT2D eigenvalue weighted by Gasteiger charge is 2.31. The largest absolute Gasteiger partial charge is 0.484 e. The van der Waals surface area contributed by atoms with Crippen molar-refractivity contribution in [3.05, 3.63) is 97.9 Å². The third-order valence-corrected chi connectivity index (χ3v) is 7.42. The Kier molecular flexibility index (Phi) is 11.3. The van der Waals surface area contributed by atoms with E-state index >= 15 is 0 Å². The maximum Gasteiger partial charge on any atom is 0.261 e. The Morgan fingerprint density at radius 2 is 1.81 bits per heavy atom. The minimum absolute atomic E-state index is 0.135. The Morgan fingerprint density at radius 1 is 1.05 bits per heavy atom. The molecule has 1 N–H and O–H groups in total. The summed E-state index contributed by atoms with van der Waals surface area (Å²) in [7, 11) is 0. The third kappa shape index (κ3) is 8.77. The first-order chi connectivity index (χ1) is 17.8. The van der Waals surface area contributed by atoms with Gasteiger partial charge in [0.15, 0.2) is 6.61 Å². The fraction of sp³-hybridized carbons (Fsp3) is 0.310. The van der Waals surface area contributed by atoms with Gasteiger partial charge in [0.05, 0.1) is 0 Å². The molecule has 0 aliphatic carbocycles. The first-order valence-electron chi connectivity index (χ1n) is 12.2. The highest BCUT2D eigenvalue weighted by molar-refractivity contribution is 9.10. The van der Waals surface area contributed by atoms with E-state index in [4.69, 9.17) is 27.9 Å². The molecule has 5 nitrogen and oxygen atoms in total. The van der Waals surface area contributed by atoms with Crippen molar-refractivity contribution in [2.75, 3.05) is 13.2 Å². The number of hydrogen-bond acceptors (Lipinski definition) is 3. The smallest absolute Gasteiger partial charge is 0.261 e. The fourth-order valence-electron chi connectivity index (χ4n) is 3.83. The molecule has 0 saturated heterocycles. The van der Waals surface area contributed by atoms with Gasteiger partial charge < -0.3 is 15.0 Å². The number of aryl methyl sites for hydroxylation is 1. The number of halogens is 3. The maximum atomic E-state index is 13.7. The topological polar surface area (TPSA) is 58.6 Å². The van der Waals surface area contributed by atoms with Crippen molar-refractivity contribution in [2.24, 2.45) is 0 Å². The summed E-state index contributed by atoms with van der Waals surface area (Å²) in [6, 6.07) is 19.6. The van der Waals surface area contributed by atoms with Crippen molar-refractivity contribution in [3.63, 3.8) is 0 Å². The van der Waals surface area contributed by atoms with E-state index in [0.717, 1.165) is 28.4 Å². The number of unbranched alkanes of at least 4 members (excludes halogenated alkanes) is 1. The summed E-state index contributed by atoms with van der Waals surface area (Å²) >= 11 is 16.0. The summed E-state index contributed by atoms with van der Waals surface area (Å²) in [5.74, 6) is 0.0407. The Hall–Kier alpha value is -2.54. The van der Waals surface area contributed by atoms with E-state index < -0.39 is 6.04 Å². The van der Waals surface area contributed by atoms with Gasteiger partial charge in [-0.3, -0.25) is 9.59 Å². The van der Waals surface area contributed by atoms with Gasteiger partial charge in [-0.15, -0.1) is 0 Å². The van der Waals surface area contributed by atoms with Gasteiger partial charge >= 0.3 is 0 Å². The second kappa shape index (κ2) is 14.4. The summed E-state index contributed by atoms with van der Waals surface area (Å²) in [5, 5.41) is 3.93. The van der Waals surface area contributed by atoms with E-state index in [2.05, 4.69) is 28.2 Å². The van der Waals surface area contributed by atoms with Crippen LogP contribution in [0.5, 0.6) is 5.75 Å². The molecule has 0 radical (unpaired) electrons. The molecule has 8 heteroatoms. The lowest BCUT2D eigenvalue weighted by Crippen LogP contribution is -2.51. The predicted molar refractivity (Wildman–Crippen MR) is 153 cm³/mol. The summed E-state index contributed by atoms with van der Waals surface area (Å²) in [4.78, 5) is 28.7. The van der Waals surface area contributed by atoms with Crippen LogP contribution >= 0.6 is 39.1 Å². The summed E-state index contributed by atoms with van der Waals surface area (Å²) < 4.78 is 6.81. The number of amides is 2. The van der Waals surface area contributed by atoms with Crippen LogP contribution in [0.3, 0.4) is 0 Å². The van der Waals surface area contributed by atoms with Crippen molar-refractivity contribution in [2.45, 2.75) is 45.7 Å². The molecule has 3 aromatic rings. The molecule has 0 saturated carbocycles. The van der Waals surface area contributed by atoms with Crippen LogP contribution in [0.25, 0.3) is 0 Å². The second-order valence-corrected chi connectivity index (χ2v) is 10.5. The van der Waals surface area contributed by atoms with Crippen molar-refractivity contribution < 1.29 is 14.3 Å². The molecule has 0 aliphatic heterocycles. The zero-order valence-corrected chi connectivity index (χ0v) is 24.1. The van der Waals surface area contributed by atoms with E-state index in [1.807, 2.05) is 49.4 Å². The van der Waals surface area contributed by atoms with Crippen LogP contribution in [0.2, 0.25) is 10.0 Å². The Morgan fingerprint density at radius 3 is 2.49 bits per heavy atom. The highest BCUT2D eigenvalue weighted by atomic mass is 79.9. The summed E-state index contributed by atoms with van der Waals surface area (Å²) in [5.41, 5.74) is 2.63. The average molecular weight is 606 g/mol. The number of carbonyl (C=O) groups is 2. The normalized spacial score (nSPS) is 11.6. The number of hydrogen-bond donors (Lipinski definition) is 1. The number of nitrogens with zero attached hydrogens (tertiary/aromatic N) is 1. The molecular weight excluding hydrogens is 575 g/mol. The lowest BCUT2D eigenvalue weighted by molar-refractivity contribution is -0.142. The van der Waals surface area contributed by atoms with Gasteiger partial charge in [0.2, 0.25) is 5.91 Å². The molecule has 1 unspecified atom stereocenters. The maximum absolute atomic E-state index is 13.7. The molecule has 2 amide bonds. The summed E-state index contributed by atoms with van der Waals surface area (Å²) in [6.45, 7) is 4.46. The van der Waals surface area contributed by atoms with Crippen LogP contribution in [0.4, 0.5) is 0 Å². The Balaban J connectivity index is 1.92. The molecular formula is C29H31BrCl2N2O3. The van der Waals surface area contributed by atoms with Gasteiger partial charge in [0, 0.05) is 34.0 Å². The molecule has 1 atom stereocenters. The minimum Gasteiger partial charge on any atom is -0.484 e. The molecule has 3 rings (SSSR count). The number of nitrogens with one attached hydrogen (secondary N) is 1. The van der Waals surface area contributed by atoms with Crippen molar-refractivity contribution >= 4 is 50.9 Å². The van der Waals surface area contributed by atoms with Crippen LogP contribution < -0.4 is 10.1 Å². The summed E-state index contributed by atoms with van der Waals surface area (Å²) in [6.07, 6.45) is 2.16. The lowest BCUT2D eigenvalue weighted by atomic mass is 10.0. The number of carbonyl (C=O) groups excluding carboxylic acids is 2. The van der Waals surface area contributed by atoms with E-state index in [0.29, 0.717) is 34.3 Å². The number of rotatable bonds is 12. The minimum atomic E-state index is -0.756. The van der Waals surface area contributed by atoms with Gasteiger partial charge in [-0.25, -0.2) is 0 Å². The van der Waals surface area contributed by atoms with Crippen molar-refractivity contribution in [1.29, 1.82) is 0 Å². The van der Waals surface area contributed by atoms with E-state index in [-0.39, 0.29) is 25.0 Å². The molecule has 37 heavy (non-hydrogen) atoms. The van der Waals surface area contributed by atoms with Crippen LogP contribution in [-0.4, -0.2) is 35.9 Å². The van der Waals surface area contributed by atoms with Crippen LogP contribution in [-0.2, 0) is 22.6 Å². The monoisotopic (exact) mass is 604 g/mol. The number of ether oxygens (including phenoxy) is 1. The lowest BCUT2D eigenvalue weighted by Gasteiger charge is -2.31. The number of benzene rings is 3. The third-order valence-electron chi connectivity index (χ3n) is 5.95. The molecule has 3 aromatic carbocycles. The zero-order valence-electron chi connectivity index (χ0n) is 21.0. The zero-order chi connectivity index (χ0) is 26.8. The predicted octanol–water partition coefficient (Wildman–Crippen LogP) is 7.00. The molecule has 0 bridgehead atoms. The average Bonchev–Trinajstić information content (AvgIpc) is 2.88. The standard InChI is InChI=1S/C29H31BrCl2N2O3/c1-3-4-14-33-29(36)27(16-21-8-6-5-7-9-21)34(18-22-10-11-23(31)17-26(22)32)28(35)19-37-24-12-13-25(30)20(2)15-24/h5-13,15,17,27H,3-4,14,16,18-19H2,1-2H3,(H,33,36). The fourth-order valence-corrected chi connectivity index (χ4v) is 4.54. The van der Waals surface area contributed by atoms with E-state index in [9.17, 15) is 9.59 Å².